The molecule has 21 nitrogen and oxygen atoms in total. The monoisotopic (exact) mass is 1370 g/mol. The number of aliphatic hydroxyl groups is 1. The Labute approximate surface area is 528 Å². The molecule has 0 saturated carbocycles. The van der Waals surface area contributed by atoms with Crippen molar-refractivity contribution >= 4 is 34.5 Å². The molecule has 1 amide bonds. The number of aliphatic hydroxyl groups excluding tert-OH is 1. The fourth-order valence-corrected chi connectivity index (χ4v) is 10.9. The number of carbonyl (C=O) groups excluding carboxylic acids is 1. The quantitative estimate of drug-likeness (QED) is 0.0227. The molecule has 2 aromatic heterocycles. The number of aliphatic carboxylic acids is 1. The maximum atomic E-state index is 13.3. The van der Waals surface area contributed by atoms with Crippen LogP contribution in [0.3, 0.4) is 0 Å². The van der Waals surface area contributed by atoms with E-state index in [1.807, 2.05) is 22.2 Å². The van der Waals surface area contributed by atoms with Crippen LogP contribution >= 0.6 is 22.6 Å². The van der Waals surface area contributed by atoms with Gasteiger partial charge in [-0.05, 0) is 59.2 Å². The van der Waals surface area contributed by atoms with Crippen LogP contribution in [0.4, 0.5) is 0 Å². The minimum atomic E-state index is -1.13. The number of aryl methyl sites for hydroxylation is 2. The third-order valence-electron chi connectivity index (χ3n) is 18.8. The number of hydrogen-bond donors (Lipinski definition) is 7. The molecule has 2 aromatic rings. The van der Waals surface area contributed by atoms with E-state index in [0.29, 0.717) is 76.9 Å². The number of hydrogen-bond acceptors (Lipinski definition) is 15. The SMILES string of the molecule is CCC(C)C(C)C(C)C(C)C(N)C(C)C(C)CC.CCC(C)C(C)C(C)C(NC(=O)COC1CC(n2cc(C)c(=O)[nH]c2=O)OC1CO[N]=[V])C(C)C(C)C(C)CC.CI.Cc1cn(C2CC(OCC(=O)O)C(CO)O2)c(=O)[nH]c1=O.[3HH].[NH]=[V]. The van der Waals surface area contributed by atoms with Gasteiger partial charge in [0, 0.05) is 25.6 Å². The molecular weight excluding hydrogens is 1260 g/mol. The first-order valence-electron chi connectivity index (χ1n) is 29.7. The summed E-state index contributed by atoms with van der Waals surface area (Å²) in [4.78, 5) is 82.8. The second kappa shape index (κ2) is 41.6. The van der Waals surface area contributed by atoms with Gasteiger partial charge in [-0.15, -0.1) is 0 Å². The Hall–Kier alpha value is -2.48. The van der Waals surface area contributed by atoms with Crippen molar-refractivity contribution in [3.05, 3.63) is 65.2 Å². The van der Waals surface area contributed by atoms with Gasteiger partial charge in [0.25, 0.3) is 5.56 Å². The van der Waals surface area contributed by atoms with Gasteiger partial charge in [-0.2, -0.15) is 0 Å². The molecule has 0 bridgehead atoms. The molecule has 24 heteroatoms. The van der Waals surface area contributed by atoms with Gasteiger partial charge in [0.1, 0.15) is 18.9 Å². The summed E-state index contributed by atoms with van der Waals surface area (Å²) in [6.07, 6.45) is 4.22. The molecule has 480 valence electrons. The Balaban J connectivity index is 0. The van der Waals surface area contributed by atoms with E-state index in [0.717, 1.165) is 30.6 Å². The van der Waals surface area contributed by atoms with Gasteiger partial charge in [-0.25, -0.2) is 9.59 Å². The number of nitrogens with zero attached hydrogens (tertiary/aromatic N) is 3. The second-order valence-corrected chi connectivity index (χ2v) is 23.7. The van der Waals surface area contributed by atoms with Crippen molar-refractivity contribution in [1.29, 1.82) is 4.21 Å². The van der Waals surface area contributed by atoms with Crippen LogP contribution in [0.2, 0.25) is 0 Å². The van der Waals surface area contributed by atoms with E-state index in [9.17, 15) is 33.9 Å². The number of nitrogens with one attached hydrogen (secondary N) is 4. The summed E-state index contributed by atoms with van der Waals surface area (Å²) < 4.78 is 34.6. The van der Waals surface area contributed by atoms with Crippen molar-refractivity contribution in [3.8, 4) is 0 Å². The molecule has 0 aliphatic carbocycles. The molecule has 83 heavy (non-hydrogen) atoms. The predicted molar refractivity (Wildman–Crippen MR) is 328 cm³/mol. The van der Waals surface area contributed by atoms with E-state index in [4.69, 9.17) is 38.8 Å². The summed E-state index contributed by atoms with van der Waals surface area (Å²) in [5.74, 6) is 5.51. The van der Waals surface area contributed by atoms with Crippen molar-refractivity contribution in [1.82, 2.24) is 24.4 Å². The van der Waals surface area contributed by atoms with Crippen LogP contribution in [-0.4, -0.2) is 109 Å². The molecule has 2 aliphatic rings. The van der Waals surface area contributed by atoms with Crippen molar-refractivity contribution in [2.24, 2.45) is 80.7 Å². The number of carboxylic acids is 1. The maximum absolute atomic E-state index is 13.3. The first-order valence-corrected chi connectivity index (χ1v) is 33.2. The number of rotatable bonds is 29. The first-order chi connectivity index (χ1) is 39.0. The van der Waals surface area contributed by atoms with Gasteiger partial charge in [-0.1, -0.05) is 145 Å². The molecule has 4 rings (SSSR count). The minimum absolute atomic E-state index is 0. The number of amides is 1. The van der Waals surface area contributed by atoms with E-state index < -0.39 is 71.9 Å². The average Bonchev–Trinajstić information content (AvgIpc) is 4.16. The normalized spacial score (nSPS) is 23.4. The third-order valence-corrected chi connectivity index (χ3v) is 18.9. The van der Waals surface area contributed by atoms with E-state index in [2.05, 4.69) is 153 Å². The number of aromatic amines is 2. The second-order valence-electron chi connectivity index (χ2n) is 23.4. The Kier molecular flexibility index (Phi) is 40.4. The standard InChI is InChI=1S/C29H50N4O6.C17H37N.C12H16N2O7.CH3I.HN.2V.H2/c1-10-16(3)19(6)21(8)27(22(9)20(7)17(4)11-2)31-25(34)15-37-23-12-26(39-24(23)14-38-30)33-13-18(5)28(35)32-29(33)36;1-9-11(3)13(5)15(7)16(8)17(18)14(6)12(4)10-2;1-6-3-14(12(19)13-11(6)18)9-2-7(8(4-15)21-9)20-5-10(16)17;1-2;;;;/h13,16-17,19-24,26-27H,10-12,14-15H2,1-9H3,(H,31,34)(H,32,35,36);11-17H,9-10,18H2,1-8H3;3,7-9,15H,2,4-5H2,1H3,(H,16,17)(H,13,18,19);1H3;1H;;;1H/i;;;;;;;1+2. The molecule has 2 saturated heterocycles. The molecule has 0 radical (unpaired) electrons. The molecule has 2 fully saturated rings. The van der Waals surface area contributed by atoms with E-state index in [1.165, 1.54) is 34.4 Å². The molecule has 0 aromatic carbocycles. The fourth-order valence-electron chi connectivity index (χ4n) is 10.8. The predicted octanol–water partition coefficient (Wildman–Crippen LogP) is 9.44. The molecule has 19 unspecified atom stereocenters. The number of aromatic nitrogens is 4. The van der Waals surface area contributed by atoms with E-state index in [-0.39, 0.29) is 39.6 Å². The molecule has 2 aliphatic heterocycles. The zero-order valence-electron chi connectivity index (χ0n) is 53.3. The number of H-pyrrole nitrogens is 2. The number of ether oxygens (including phenoxy) is 4. The Morgan fingerprint density at radius 3 is 1.45 bits per heavy atom. The van der Waals surface area contributed by atoms with Crippen molar-refractivity contribution in [3.63, 3.8) is 0 Å². The Morgan fingerprint density at radius 1 is 0.687 bits per heavy atom. The molecule has 19 atom stereocenters. The van der Waals surface area contributed by atoms with E-state index >= 15 is 0 Å². The van der Waals surface area contributed by atoms with Gasteiger partial charge in [0.2, 0.25) is 0 Å². The van der Waals surface area contributed by atoms with Crippen LogP contribution in [0.15, 0.2) is 35.5 Å². The van der Waals surface area contributed by atoms with E-state index in [1.54, 1.807) is 31.1 Å². The number of carboxylic acid groups (broad SMARTS) is 1. The summed E-state index contributed by atoms with van der Waals surface area (Å²) in [5.41, 5.74) is 5.14. The summed E-state index contributed by atoms with van der Waals surface area (Å²) >= 11 is 5.69. The summed E-state index contributed by atoms with van der Waals surface area (Å²) in [6.45, 7) is 39.1. The number of halogens is 1. The zero-order chi connectivity index (χ0) is 64.2. The topological polar surface area (TPSA) is 305 Å². The van der Waals surface area contributed by atoms with Crippen LogP contribution in [-0.2, 0) is 67.8 Å². The summed E-state index contributed by atoms with van der Waals surface area (Å²) in [5, 5.41) is 21.2. The zero-order valence-corrected chi connectivity index (χ0v) is 58.3. The summed E-state index contributed by atoms with van der Waals surface area (Å²) in [7, 11) is 0. The first kappa shape index (κ1) is 80.5. The molecule has 4 heterocycles. The molecule has 8 N–H and O–H groups in total. The number of carbonyl (C=O) groups is 2. The van der Waals surface area contributed by atoms with Crippen LogP contribution in [0.1, 0.15) is 174 Å². The molecular formula is C59H109IN8O13V2. The van der Waals surface area contributed by atoms with Gasteiger partial charge in [0.05, 0.1) is 12.7 Å². The van der Waals surface area contributed by atoms with Crippen molar-refractivity contribution in [2.45, 2.75) is 212 Å². The van der Waals surface area contributed by atoms with Gasteiger partial charge in [0.15, 0.2) is 0 Å². The fraction of sp³-hybridized carbons (Fsp3) is 0.831. The Morgan fingerprint density at radius 2 is 1.06 bits per heavy atom. The van der Waals surface area contributed by atoms with Crippen molar-refractivity contribution < 1.29 is 79.5 Å². The Bertz CT molecular complexity index is 2400. The number of alkyl halides is 1. The van der Waals surface area contributed by atoms with Crippen LogP contribution in [0.5, 0.6) is 0 Å². The average molecular weight is 1370 g/mol. The number of nitrogens with two attached hydrogens (primary N) is 1. The van der Waals surface area contributed by atoms with Gasteiger partial charge < -0.3 is 25.4 Å². The van der Waals surface area contributed by atoms with Gasteiger partial charge >= 0.3 is 215 Å². The molecule has 0 spiro atoms. The van der Waals surface area contributed by atoms with Crippen LogP contribution in [0, 0.1) is 89.1 Å². The van der Waals surface area contributed by atoms with Crippen LogP contribution in [0.25, 0.3) is 0 Å². The van der Waals surface area contributed by atoms with Crippen LogP contribution < -0.4 is 33.5 Å². The van der Waals surface area contributed by atoms with Crippen molar-refractivity contribution in [2.75, 3.05) is 31.4 Å². The van der Waals surface area contributed by atoms with Gasteiger partial charge in [-0.3, -0.25) is 14.3 Å². The summed E-state index contributed by atoms with van der Waals surface area (Å²) in [6, 6.07) is 0.344. The third kappa shape index (κ3) is 25.3.